The van der Waals surface area contributed by atoms with Crippen molar-refractivity contribution in [1.82, 2.24) is 10.3 Å². The van der Waals surface area contributed by atoms with Gasteiger partial charge in [-0.1, -0.05) is 19.3 Å². The first-order valence-electron chi connectivity index (χ1n) is 6.47. The molecule has 1 saturated carbocycles. The number of aliphatic hydroxyl groups is 1. The van der Waals surface area contributed by atoms with Crippen LogP contribution in [-0.2, 0) is 0 Å². The fraction of sp³-hybridized carbons (Fsp3) is 0.769. The summed E-state index contributed by atoms with van der Waals surface area (Å²) < 4.78 is 5.46. The van der Waals surface area contributed by atoms with E-state index in [1.807, 2.05) is 13.8 Å². The number of hydrogen-bond acceptors (Lipinski definition) is 4. The lowest BCUT2D eigenvalue weighted by Gasteiger charge is -2.33. The third-order valence-corrected chi connectivity index (χ3v) is 3.53. The summed E-state index contributed by atoms with van der Waals surface area (Å²) >= 11 is 0. The molecule has 0 spiro atoms. The minimum Gasteiger partial charge on any atom is -0.444 e. The number of nitrogens with zero attached hydrogens (tertiary/aromatic N) is 1. The van der Waals surface area contributed by atoms with E-state index in [2.05, 4.69) is 10.3 Å². The number of rotatable bonds is 4. The Morgan fingerprint density at radius 3 is 2.76 bits per heavy atom. The van der Waals surface area contributed by atoms with Gasteiger partial charge in [0, 0.05) is 6.54 Å². The summed E-state index contributed by atoms with van der Waals surface area (Å²) in [6.45, 7) is 4.52. The third-order valence-electron chi connectivity index (χ3n) is 3.53. The van der Waals surface area contributed by atoms with E-state index in [0.717, 1.165) is 31.4 Å². The Balaban J connectivity index is 1.85. The first kappa shape index (κ1) is 12.6. The van der Waals surface area contributed by atoms with Crippen LogP contribution in [0.15, 0.2) is 10.6 Å². The molecule has 1 aromatic heterocycles. The summed E-state index contributed by atoms with van der Waals surface area (Å²) in [5, 5.41) is 13.7. The molecular weight excluding hydrogens is 216 g/mol. The van der Waals surface area contributed by atoms with Crippen LogP contribution in [0.1, 0.15) is 56.7 Å². The molecule has 1 heterocycles. The molecule has 1 fully saturated rings. The normalized spacial score (nSPS) is 21.4. The van der Waals surface area contributed by atoms with Gasteiger partial charge in [-0.3, -0.25) is 0 Å². The van der Waals surface area contributed by atoms with Crippen LogP contribution < -0.4 is 5.32 Å². The summed E-state index contributed by atoms with van der Waals surface area (Å²) in [6, 6.07) is 0.0506. The van der Waals surface area contributed by atoms with Crippen LogP contribution in [0, 0.1) is 6.92 Å². The summed E-state index contributed by atoms with van der Waals surface area (Å²) in [4.78, 5) is 4.19. The van der Waals surface area contributed by atoms with E-state index in [1.165, 1.54) is 6.42 Å². The van der Waals surface area contributed by atoms with Crippen LogP contribution >= 0.6 is 0 Å². The van der Waals surface area contributed by atoms with Gasteiger partial charge in [0.25, 0.3) is 0 Å². The van der Waals surface area contributed by atoms with Gasteiger partial charge in [0.1, 0.15) is 5.76 Å². The predicted molar refractivity (Wildman–Crippen MR) is 65.7 cm³/mol. The lowest BCUT2D eigenvalue weighted by Crippen LogP contribution is -2.42. The van der Waals surface area contributed by atoms with Crippen molar-refractivity contribution in [2.45, 2.75) is 57.6 Å². The van der Waals surface area contributed by atoms with Gasteiger partial charge in [0.05, 0.1) is 17.8 Å². The lowest BCUT2D eigenvalue weighted by molar-refractivity contribution is 0.00242. The molecule has 2 rings (SSSR count). The molecule has 0 aliphatic heterocycles. The van der Waals surface area contributed by atoms with Gasteiger partial charge in [0.15, 0.2) is 0 Å². The Hall–Kier alpha value is -0.870. The second-order valence-electron chi connectivity index (χ2n) is 5.20. The number of aromatic nitrogens is 1. The quantitative estimate of drug-likeness (QED) is 0.845. The molecule has 0 radical (unpaired) electrons. The van der Waals surface area contributed by atoms with E-state index in [-0.39, 0.29) is 6.04 Å². The molecule has 1 aliphatic rings. The molecule has 2 N–H and O–H groups in total. The fourth-order valence-corrected chi connectivity index (χ4v) is 2.39. The molecule has 1 aromatic rings. The maximum absolute atomic E-state index is 10.4. The largest absolute Gasteiger partial charge is 0.444 e. The van der Waals surface area contributed by atoms with Gasteiger partial charge in [-0.05, 0) is 26.7 Å². The van der Waals surface area contributed by atoms with E-state index in [0.29, 0.717) is 12.4 Å². The molecule has 96 valence electrons. The van der Waals surface area contributed by atoms with E-state index in [9.17, 15) is 5.11 Å². The molecule has 1 atom stereocenters. The highest BCUT2D eigenvalue weighted by molar-refractivity contribution is 4.96. The molecule has 17 heavy (non-hydrogen) atoms. The Morgan fingerprint density at radius 2 is 2.18 bits per heavy atom. The summed E-state index contributed by atoms with van der Waals surface area (Å²) in [7, 11) is 0. The minimum absolute atomic E-state index is 0.0506. The lowest BCUT2D eigenvalue weighted by atomic mass is 9.85. The Morgan fingerprint density at radius 1 is 1.47 bits per heavy atom. The van der Waals surface area contributed by atoms with Crippen molar-refractivity contribution in [2.75, 3.05) is 6.54 Å². The van der Waals surface area contributed by atoms with Crippen molar-refractivity contribution < 1.29 is 9.52 Å². The van der Waals surface area contributed by atoms with Gasteiger partial charge < -0.3 is 14.8 Å². The van der Waals surface area contributed by atoms with Gasteiger partial charge in [-0.25, -0.2) is 4.98 Å². The number of oxazole rings is 1. The van der Waals surface area contributed by atoms with Crippen LogP contribution in [0.2, 0.25) is 0 Å². The van der Waals surface area contributed by atoms with Crippen molar-refractivity contribution in [3.05, 3.63) is 17.8 Å². The SMILES string of the molecule is Cc1cnc(C(C)NCC2(O)CCCCC2)o1. The highest BCUT2D eigenvalue weighted by Gasteiger charge is 2.29. The van der Waals surface area contributed by atoms with Crippen molar-refractivity contribution in [3.63, 3.8) is 0 Å². The van der Waals surface area contributed by atoms with Gasteiger partial charge >= 0.3 is 0 Å². The number of nitrogens with one attached hydrogen (secondary N) is 1. The van der Waals surface area contributed by atoms with E-state index < -0.39 is 5.60 Å². The average molecular weight is 238 g/mol. The second-order valence-corrected chi connectivity index (χ2v) is 5.20. The maximum Gasteiger partial charge on any atom is 0.211 e. The fourth-order valence-electron chi connectivity index (χ4n) is 2.39. The van der Waals surface area contributed by atoms with E-state index >= 15 is 0 Å². The van der Waals surface area contributed by atoms with E-state index in [1.54, 1.807) is 6.20 Å². The van der Waals surface area contributed by atoms with Crippen molar-refractivity contribution >= 4 is 0 Å². The Labute approximate surface area is 102 Å². The zero-order valence-electron chi connectivity index (χ0n) is 10.7. The first-order chi connectivity index (χ1) is 8.09. The smallest absolute Gasteiger partial charge is 0.211 e. The monoisotopic (exact) mass is 238 g/mol. The predicted octanol–water partition coefficient (Wildman–Crippen LogP) is 2.33. The van der Waals surface area contributed by atoms with Crippen LogP contribution in [-0.4, -0.2) is 22.2 Å². The van der Waals surface area contributed by atoms with Crippen LogP contribution in [0.3, 0.4) is 0 Å². The van der Waals surface area contributed by atoms with Crippen molar-refractivity contribution in [3.8, 4) is 0 Å². The minimum atomic E-state index is -0.534. The highest BCUT2D eigenvalue weighted by atomic mass is 16.4. The third kappa shape index (κ3) is 3.30. The van der Waals surface area contributed by atoms with Crippen LogP contribution in [0.5, 0.6) is 0 Å². The summed E-state index contributed by atoms with van der Waals surface area (Å²) in [5.74, 6) is 1.52. The molecule has 0 bridgehead atoms. The highest BCUT2D eigenvalue weighted by Crippen LogP contribution is 2.28. The summed E-state index contributed by atoms with van der Waals surface area (Å²) in [6.07, 6.45) is 7.03. The molecule has 4 heteroatoms. The average Bonchev–Trinajstić information content (AvgIpc) is 2.74. The van der Waals surface area contributed by atoms with Gasteiger partial charge in [-0.15, -0.1) is 0 Å². The molecule has 4 nitrogen and oxygen atoms in total. The topological polar surface area (TPSA) is 58.3 Å². The van der Waals surface area contributed by atoms with Gasteiger partial charge in [0.2, 0.25) is 5.89 Å². The standard InChI is InChI=1S/C13H22N2O2/c1-10-8-14-12(17-10)11(2)15-9-13(16)6-4-3-5-7-13/h8,11,15-16H,3-7,9H2,1-2H3. The molecule has 1 aliphatic carbocycles. The Bertz CT molecular complexity index is 356. The Kier molecular flexibility index (Phi) is 3.84. The maximum atomic E-state index is 10.4. The number of aryl methyl sites for hydroxylation is 1. The molecule has 0 aromatic carbocycles. The molecule has 1 unspecified atom stereocenters. The number of hydrogen-bond donors (Lipinski definition) is 2. The second kappa shape index (κ2) is 5.19. The molecule has 0 saturated heterocycles. The zero-order chi connectivity index (χ0) is 12.3. The van der Waals surface area contributed by atoms with Crippen LogP contribution in [0.4, 0.5) is 0 Å². The first-order valence-corrected chi connectivity index (χ1v) is 6.47. The van der Waals surface area contributed by atoms with Crippen molar-refractivity contribution in [2.24, 2.45) is 0 Å². The summed E-state index contributed by atoms with van der Waals surface area (Å²) in [5.41, 5.74) is -0.534. The molecular formula is C13H22N2O2. The van der Waals surface area contributed by atoms with Crippen molar-refractivity contribution in [1.29, 1.82) is 0 Å². The van der Waals surface area contributed by atoms with E-state index in [4.69, 9.17) is 4.42 Å². The molecule has 0 amide bonds. The zero-order valence-corrected chi connectivity index (χ0v) is 10.7. The van der Waals surface area contributed by atoms with Gasteiger partial charge in [-0.2, -0.15) is 0 Å². The van der Waals surface area contributed by atoms with Crippen LogP contribution in [0.25, 0.3) is 0 Å².